The minimum atomic E-state index is -1.21. The summed E-state index contributed by atoms with van der Waals surface area (Å²) in [7, 11) is 0. The van der Waals surface area contributed by atoms with E-state index in [-0.39, 0.29) is 21.5 Å². The van der Waals surface area contributed by atoms with Crippen molar-refractivity contribution in [2.24, 2.45) is 0 Å². The molecule has 0 spiro atoms. The Kier molecular flexibility index (Phi) is 5.42. The van der Waals surface area contributed by atoms with Gasteiger partial charge in [-0.3, -0.25) is 4.90 Å². The fourth-order valence-electron chi connectivity index (χ4n) is 1.84. The van der Waals surface area contributed by atoms with E-state index in [0.717, 1.165) is 13.1 Å². The first-order valence-corrected chi connectivity index (χ1v) is 6.85. The zero-order chi connectivity index (χ0) is 14.5. The van der Waals surface area contributed by atoms with E-state index >= 15 is 0 Å². The van der Waals surface area contributed by atoms with Gasteiger partial charge in [-0.05, 0) is 0 Å². The van der Waals surface area contributed by atoms with Crippen molar-refractivity contribution in [1.29, 1.82) is 0 Å². The zero-order valence-electron chi connectivity index (χ0n) is 10.6. The summed E-state index contributed by atoms with van der Waals surface area (Å²) in [5, 5.41) is 8.94. The molecular formula is C12H14Cl2N2O4. The molecule has 2 rings (SSSR count). The predicted octanol–water partition coefficient (Wildman–Crippen LogP) is 1.80. The second kappa shape index (κ2) is 7.08. The van der Waals surface area contributed by atoms with E-state index in [1.165, 1.54) is 6.20 Å². The summed E-state index contributed by atoms with van der Waals surface area (Å²) < 4.78 is 10.7. The van der Waals surface area contributed by atoms with Gasteiger partial charge in [0.15, 0.2) is 0 Å². The van der Waals surface area contributed by atoms with Gasteiger partial charge in [-0.1, -0.05) is 23.2 Å². The van der Waals surface area contributed by atoms with Crippen LogP contribution in [-0.2, 0) is 4.74 Å². The molecule has 0 unspecified atom stereocenters. The molecule has 1 aromatic heterocycles. The van der Waals surface area contributed by atoms with Crippen LogP contribution in [0, 0.1) is 0 Å². The summed E-state index contributed by atoms with van der Waals surface area (Å²) >= 11 is 11.7. The average Bonchev–Trinajstić information content (AvgIpc) is 2.42. The van der Waals surface area contributed by atoms with Crippen LogP contribution in [0.15, 0.2) is 6.20 Å². The molecule has 1 aliphatic heterocycles. The highest BCUT2D eigenvalue weighted by Gasteiger charge is 2.19. The maximum absolute atomic E-state index is 11.0. The molecule has 0 amide bonds. The number of hydrogen-bond acceptors (Lipinski definition) is 5. The number of carbonyl (C=O) groups is 1. The molecule has 0 aromatic carbocycles. The van der Waals surface area contributed by atoms with Crippen molar-refractivity contribution in [3.05, 3.63) is 21.8 Å². The van der Waals surface area contributed by atoms with E-state index in [1.54, 1.807) is 0 Å². The van der Waals surface area contributed by atoms with Gasteiger partial charge in [-0.2, -0.15) is 0 Å². The van der Waals surface area contributed by atoms with Gasteiger partial charge in [0.2, 0.25) is 5.88 Å². The van der Waals surface area contributed by atoms with Gasteiger partial charge in [-0.15, -0.1) is 0 Å². The van der Waals surface area contributed by atoms with Crippen LogP contribution in [0.2, 0.25) is 10.0 Å². The SMILES string of the molecule is O=C(O)c1c(Cl)cnc(OCCN2CCOCC2)c1Cl. The van der Waals surface area contributed by atoms with Crippen molar-refractivity contribution < 1.29 is 19.4 Å². The number of morpholine rings is 1. The van der Waals surface area contributed by atoms with Gasteiger partial charge < -0.3 is 14.6 Å². The average molecular weight is 321 g/mol. The number of hydrogen-bond donors (Lipinski definition) is 1. The molecule has 6 nitrogen and oxygen atoms in total. The molecule has 2 heterocycles. The number of halogens is 2. The van der Waals surface area contributed by atoms with Crippen LogP contribution < -0.4 is 4.74 Å². The molecule has 20 heavy (non-hydrogen) atoms. The summed E-state index contributed by atoms with van der Waals surface area (Å²) in [6, 6.07) is 0. The summed E-state index contributed by atoms with van der Waals surface area (Å²) in [6.07, 6.45) is 1.22. The van der Waals surface area contributed by atoms with Crippen molar-refractivity contribution in [2.75, 3.05) is 39.5 Å². The quantitative estimate of drug-likeness (QED) is 0.892. The first-order chi connectivity index (χ1) is 9.59. The number of ether oxygens (including phenoxy) is 2. The highest BCUT2D eigenvalue weighted by Crippen LogP contribution is 2.31. The molecule has 1 aliphatic rings. The third kappa shape index (κ3) is 3.73. The summed E-state index contributed by atoms with van der Waals surface area (Å²) in [6.45, 7) is 4.20. The minimum Gasteiger partial charge on any atom is -0.478 e. The van der Waals surface area contributed by atoms with Gasteiger partial charge in [0.25, 0.3) is 0 Å². The van der Waals surface area contributed by atoms with Gasteiger partial charge in [0.05, 0.1) is 24.4 Å². The second-order valence-electron chi connectivity index (χ2n) is 4.21. The van der Waals surface area contributed by atoms with Crippen molar-refractivity contribution in [3.63, 3.8) is 0 Å². The van der Waals surface area contributed by atoms with Crippen LogP contribution in [0.4, 0.5) is 0 Å². The van der Waals surface area contributed by atoms with E-state index < -0.39 is 5.97 Å². The summed E-state index contributed by atoms with van der Waals surface area (Å²) in [4.78, 5) is 17.1. The number of nitrogens with zero attached hydrogens (tertiary/aromatic N) is 2. The molecular weight excluding hydrogens is 307 g/mol. The molecule has 0 bridgehead atoms. The van der Waals surface area contributed by atoms with E-state index in [1.807, 2.05) is 0 Å². The van der Waals surface area contributed by atoms with E-state index in [2.05, 4.69) is 9.88 Å². The van der Waals surface area contributed by atoms with Crippen LogP contribution in [0.1, 0.15) is 10.4 Å². The number of pyridine rings is 1. The lowest BCUT2D eigenvalue weighted by molar-refractivity contribution is 0.0320. The Morgan fingerprint density at radius 1 is 1.45 bits per heavy atom. The number of rotatable bonds is 5. The first kappa shape index (κ1) is 15.3. The highest BCUT2D eigenvalue weighted by molar-refractivity contribution is 6.39. The monoisotopic (exact) mass is 320 g/mol. The first-order valence-electron chi connectivity index (χ1n) is 6.10. The lowest BCUT2D eigenvalue weighted by atomic mass is 10.2. The molecule has 110 valence electrons. The molecule has 1 N–H and O–H groups in total. The fraction of sp³-hybridized carbons (Fsp3) is 0.500. The minimum absolute atomic E-state index is 0.0111. The Morgan fingerprint density at radius 3 is 2.80 bits per heavy atom. The summed E-state index contributed by atoms with van der Waals surface area (Å²) in [5.41, 5.74) is -0.190. The smallest absolute Gasteiger partial charge is 0.339 e. The molecule has 0 aliphatic carbocycles. The Balaban J connectivity index is 1.95. The standard InChI is InChI=1S/C12H14Cl2N2O4/c13-8-7-15-11(10(14)9(8)12(17)18)20-6-3-16-1-4-19-5-2-16/h7H,1-6H2,(H,17,18). The van der Waals surface area contributed by atoms with Crippen LogP contribution >= 0.6 is 23.2 Å². The molecule has 0 radical (unpaired) electrons. The molecule has 0 saturated carbocycles. The van der Waals surface area contributed by atoms with Crippen molar-refractivity contribution in [2.45, 2.75) is 0 Å². The van der Waals surface area contributed by atoms with E-state index in [9.17, 15) is 4.79 Å². The molecule has 0 atom stereocenters. The zero-order valence-corrected chi connectivity index (χ0v) is 12.2. The van der Waals surface area contributed by atoms with Crippen molar-refractivity contribution in [3.8, 4) is 5.88 Å². The Bertz CT molecular complexity index is 493. The van der Waals surface area contributed by atoms with E-state index in [4.69, 9.17) is 37.8 Å². The van der Waals surface area contributed by atoms with Gasteiger partial charge in [0.1, 0.15) is 17.2 Å². The number of carboxylic acids is 1. The number of aromatic nitrogens is 1. The normalized spacial score (nSPS) is 16.1. The molecule has 1 saturated heterocycles. The molecule has 1 aromatic rings. The van der Waals surface area contributed by atoms with E-state index in [0.29, 0.717) is 26.4 Å². The van der Waals surface area contributed by atoms with Crippen molar-refractivity contribution in [1.82, 2.24) is 9.88 Å². The van der Waals surface area contributed by atoms with Gasteiger partial charge in [0, 0.05) is 19.6 Å². The fourth-order valence-corrected chi connectivity index (χ4v) is 2.40. The summed E-state index contributed by atoms with van der Waals surface area (Å²) in [5.74, 6) is -1.12. The van der Waals surface area contributed by atoms with Crippen LogP contribution in [0.5, 0.6) is 5.88 Å². The second-order valence-corrected chi connectivity index (χ2v) is 4.99. The van der Waals surface area contributed by atoms with Gasteiger partial charge in [-0.25, -0.2) is 9.78 Å². The lowest BCUT2D eigenvalue weighted by Crippen LogP contribution is -2.38. The molecule has 8 heteroatoms. The van der Waals surface area contributed by atoms with Crippen LogP contribution in [0.25, 0.3) is 0 Å². The maximum atomic E-state index is 11.0. The lowest BCUT2D eigenvalue weighted by Gasteiger charge is -2.26. The Hall–Kier alpha value is -1.08. The van der Waals surface area contributed by atoms with Crippen LogP contribution in [-0.4, -0.2) is 60.4 Å². The predicted molar refractivity (Wildman–Crippen MR) is 74.0 cm³/mol. The largest absolute Gasteiger partial charge is 0.478 e. The highest BCUT2D eigenvalue weighted by atomic mass is 35.5. The third-order valence-electron chi connectivity index (χ3n) is 2.91. The third-order valence-corrected chi connectivity index (χ3v) is 3.54. The number of aromatic carboxylic acids is 1. The van der Waals surface area contributed by atoms with Crippen LogP contribution in [0.3, 0.4) is 0 Å². The molecule has 1 fully saturated rings. The van der Waals surface area contributed by atoms with Crippen molar-refractivity contribution >= 4 is 29.2 Å². The number of carboxylic acid groups (broad SMARTS) is 1. The Labute approximate surface area is 126 Å². The topological polar surface area (TPSA) is 71.9 Å². The van der Waals surface area contributed by atoms with Gasteiger partial charge >= 0.3 is 5.97 Å². The Morgan fingerprint density at radius 2 is 2.15 bits per heavy atom. The maximum Gasteiger partial charge on any atom is 0.339 e.